The van der Waals surface area contributed by atoms with Gasteiger partial charge in [-0.3, -0.25) is 0 Å². The van der Waals surface area contributed by atoms with Crippen molar-refractivity contribution in [3.8, 4) is 5.75 Å². The topological polar surface area (TPSA) is 29.5 Å². The minimum absolute atomic E-state index is 0.305. The van der Waals surface area contributed by atoms with Crippen molar-refractivity contribution in [3.63, 3.8) is 0 Å². The zero-order valence-corrected chi connectivity index (χ0v) is 9.77. The Labute approximate surface area is 105 Å². The molecule has 3 rings (SSSR count). The normalized spacial score (nSPS) is 15.0. The maximum Gasteiger partial charge on any atom is 0.128 e. The SMILES string of the molecule is OC(c1ccc(F)cc1)c1cccc2c1OCC2. The minimum Gasteiger partial charge on any atom is -0.493 e. The number of halogens is 1. The third-order valence-electron chi connectivity index (χ3n) is 3.23. The van der Waals surface area contributed by atoms with E-state index in [9.17, 15) is 9.50 Å². The van der Waals surface area contributed by atoms with Crippen LogP contribution in [0.4, 0.5) is 4.39 Å². The summed E-state index contributed by atoms with van der Waals surface area (Å²) < 4.78 is 18.4. The molecule has 2 aromatic rings. The van der Waals surface area contributed by atoms with Gasteiger partial charge in [0.1, 0.15) is 17.7 Å². The minimum atomic E-state index is -0.779. The molecule has 92 valence electrons. The van der Waals surface area contributed by atoms with Gasteiger partial charge in [-0.2, -0.15) is 0 Å². The van der Waals surface area contributed by atoms with E-state index in [0.717, 1.165) is 23.3 Å². The maximum atomic E-state index is 12.9. The van der Waals surface area contributed by atoms with Crippen molar-refractivity contribution in [3.05, 3.63) is 65.0 Å². The highest BCUT2D eigenvalue weighted by Gasteiger charge is 2.21. The molecule has 0 amide bonds. The summed E-state index contributed by atoms with van der Waals surface area (Å²) in [5.41, 5.74) is 2.53. The van der Waals surface area contributed by atoms with Crippen LogP contribution in [0.3, 0.4) is 0 Å². The van der Waals surface area contributed by atoms with Crippen LogP contribution in [0, 0.1) is 5.82 Å². The van der Waals surface area contributed by atoms with Gasteiger partial charge in [0.05, 0.1) is 6.61 Å². The Morgan fingerprint density at radius 1 is 1.11 bits per heavy atom. The van der Waals surface area contributed by atoms with Crippen molar-refractivity contribution in [1.82, 2.24) is 0 Å². The number of benzene rings is 2. The van der Waals surface area contributed by atoms with Crippen molar-refractivity contribution < 1.29 is 14.2 Å². The number of rotatable bonds is 2. The standard InChI is InChI=1S/C15H13FO2/c16-12-6-4-10(5-7-12)14(17)13-3-1-2-11-8-9-18-15(11)13/h1-7,14,17H,8-9H2. The van der Waals surface area contributed by atoms with Crippen molar-refractivity contribution in [2.45, 2.75) is 12.5 Å². The van der Waals surface area contributed by atoms with E-state index in [1.807, 2.05) is 18.2 Å². The number of para-hydroxylation sites is 1. The molecule has 1 heterocycles. The number of ether oxygens (including phenoxy) is 1. The van der Waals surface area contributed by atoms with E-state index in [1.165, 1.54) is 12.1 Å². The predicted molar refractivity (Wildman–Crippen MR) is 66.1 cm³/mol. The summed E-state index contributed by atoms with van der Waals surface area (Å²) >= 11 is 0. The van der Waals surface area contributed by atoms with E-state index in [0.29, 0.717) is 12.2 Å². The lowest BCUT2D eigenvalue weighted by molar-refractivity contribution is 0.213. The molecule has 1 aliphatic heterocycles. The number of aliphatic hydroxyl groups excluding tert-OH is 1. The van der Waals surface area contributed by atoms with Gasteiger partial charge >= 0.3 is 0 Å². The molecule has 18 heavy (non-hydrogen) atoms. The van der Waals surface area contributed by atoms with E-state index in [2.05, 4.69) is 0 Å². The monoisotopic (exact) mass is 244 g/mol. The molecule has 0 fully saturated rings. The smallest absolute Gasteiger partial charge is 0.128 e. The van der Waals surface area contributed by atoms with Gasteiger partial charge in [-0.25, -0.2) is 4.39 Å². The van der Waals surface area contributed by atoms with Gasteiger partial charge in [0.2, 0.25) is 0 Å². The fourth-order valence-electron chi connectivity index (χ4n) is 2.28. The Hall–Kier alpha value is -1.87. The lowest BCUT2D eigenvalue weighted by atomic mass is 9.98. The van der Waals surface area contributed by atoms with Crippen LogP contribution in [0.5, 0.6) is 5.75 Å². The first kappa shape index (κ1) is 11.2. The lowest BCUT2D eigenvalue weighted by Gasteiger charge is -2.14. The first-order valence-electron chi connectivity index (χ1n) is 5.94. The molecule has 0 aromatic heterocycles. The molecule has 0 spiro atoms. The zero-order valence-electron chi connectivity index (χ0n) is 9.77. The first-order chi connectivity index (χ1) is 8.75. The molecule has 2 nitrogen and oxygen atoms in total. The Morgan fingerprint density at radius 2 is 1.89 bits per heavy atom. The highest BCUT2D eigenvalue weighted by atomic mass is 19.1. The van der Waals surface area contributed by atoms with Crippen LogP contribution >= 0.6 is 0 Å². The fourth-order valence-corrected chi connectivity index (χ4v) is 2.28. The summed E-state index contributed by atoms with van der Waals surface area (Å²) in [6, 6.07) is 11.6. The third kappa shape index (κ3) is 1.87. The highest BCUT2D eigenvalue weighted by Crippen LogP contribution is 2.35. The first-order valence-corrected chi connectivity index (χ1v) is 5.94. The Balaban J connectivity index is 2.00. The number of hydrogen-bond donors (Lipinski definition) is 1. The van der Waals surface area contributed by atoms with E-state index < -0.39 is 6.10 Å². The van der Waals surface area contributed by atoms with Crippen LogP contribution in [0.15, 0.2) is 42.5 Å². The Bertz CT molecular complexity index is 563. The summed E-state index contributed by atoms with van der Waals surface area (Å²) in [5.74, 6) is 0.467. The van der Waals surface area contributed by atoms with Gasteiger partial charge in [-0.15, -0.1) is 0 Å². The summed E-state index contributed by atoms with van der Waals surface area (Å²) in [5, 5.41) is 10.3. The molecule has 0 saturated carbocycles. The van der Waals surface area contributed by atoms with Gasteiger partial charge in [0, 0.05) is 12.0 Å². The fraction of sp³-hybridized carbons (Fsp3) is 0.200. The molecular weight excluding hydrogens is 231 g/mol. The predicted octanol–water partition coefficient (Wildman–Crippen LogP) is 2.84. The molecule has 3 heteroatoms. The van der Waals surface area contributed by atoms with Crippen molar-refractivity contribution in [2.24, 2.45) is 0 Å². The zero-order chi connectivity index (χ0) is 12.5. The van der Waals surface area contributed by atoms with Gasteiger partial charge in [0.25, 0.3) is 0 Å². The summed E-state index contributed by atoms with van der Waals surface area (Å²) in [6.07, 6.45) is 0.0953. The average molecular weight is 244 g/mol. The third-order valence-corrected chi connectivity index (χ3v) is 3.23. The van der Waals surface area contributed by atoms with Gasteiger partial charge in [0.15, 0.2) is 0 Å². The number of fused-ring (bicyclic) bond motifs is 1. The van der Waals surface area contributed by atoms with Crippen LogP contribution in [-0.2, 0) is 6.42 Å². The van der Waals surface area contributed by atoms with Crippen LogP contribution in [0.1, 0.15) is 22.8 Å². The molecular formula is C15H13FO2. The molecule has 0 aliphatic carbocycles. The van der Waals surface area contributed by atoms with Crippen molar-refractivity contribution in [2.75, 3.05) is 6.61 Å². The summed E-state index contributed by atoms with van der Waals surface area (Å²) in [4.78, 5) is 0. The number of hydrogen-bond acceptors (Lipinski definition) is 2. The van der Waals surface area contributed by atoms with Crippen LogP contribution in [0.25, 0.3) is 0 Å². The highest BCUT2D eigenvalue weighted by molar-refractivity contribution is 5.47. The van der Waals surface area contributed by atoms with E-state index in [4.69, 9.17) is 4.74 Å². The van der Waals surface area contributed by atoms with E-state index in [-0.39, 0.29) is 5.82 Å². The maximum absolute atomic E-state index is 12.9. The van der Waals surface area contributed by atoms with E-state index >= 15 is 0 Å². The molecule has 0 bridgehead atoms. The Kier molecular flexibility index (Phi) is 2.76. The molecule has 0 radical (unpaired) electrons. The summed E-state index contributed by atoms with van der Waals surface area (Å²) in [7, 11) is 0. The molecule has 1 aliphatic rings. The molecule has 1 atom stereocenters. The van der Waals surface area contributed by atoms with Crippen molar-refractivity contribution >= 4 is 0 Å². The second-order valence-corrected chi connectivity index (χ2v) is 4.39. The second kappa shape index (κ2) is 4.42. The Morgan fingerprint density at radius 3 is 2.67 bits per heavy atom. The summed E-state index contributed by atoms with van der Waals surface area (Å²) in [6.45, 7) is 0.655. The quantitative estimate of drug-likeness (QED) is 0.880. The lowest BCUT2D eigenvalue weighted by Crippen LogP contribution is -2.02. The number of aliphatic hydroxyl groups is 1. The molecule has 2 aromatic carbocycles. The van der Waals surface area contributed by atoms with Crippen LogP contribution in [0.2, 0.25) is 0 Å². The van der Waals surface area contributed by atoms with Gasteiger partial charge in [-0.05, 0) is 23.3 Å². The average Bonchev–Trinajstić information content (AvgIpc) is 2.87. The van der Waals surface area contributed by atoms with Gasteiger partial charge < -0.3 is 9.84 Å². The molecule has 1 N–H and O–H groups in total. The molecule has 1 unspecified atom stereocenters. The van der Waals surface area contributed by atoms with Crippen LogP contribution in [-0.4, -0.2) is 11.7 Å². The van der Waals surface area contributed by atoms with Crippen molar-refractivity contribution in [1.29, 1.82) is 0 Å². The second-order valence-electron chi connectivity index (χ2n) is 4.39. The van der Waals surface area contributed by atoms with E-state index in [1.54, 1.807) is 12.1 Å². The van der Waals surface area contributed by atoms with Crippen LogP contribution < -0.4 is 4.74 Å². The molecule has 0 saturated heterocycles. The largest absolute Gasteiger partial charge is 0.493 e. The van der Waals surface area contributed by atoms with Gasteiger partial charge in [-0.1, -0.05) is 30.3 Å².